The summed E-state index contributed by atoms with van der Waals surface area (Å²) in [6.45, 7) is 6.91. The van der Waals surface area contributed by atoms with Gasteiger partial charge in [-0.05, 0) is 0 Å². The van der Waals surface area contributed by atoms with Gasteiger partial charge in [0.05, 0.1) is 10.5 Å². The minimum atomic E-state index is -0.743. The van der Waals surface area contributed by atoms with E-state index in [4.69, 9.17) is 5.73 Å². The van der Waals surface area contributed by atoms with E-state index in [9.17, 15) is 14.9 Å². The molecule has 0 fully saturated rings. The Morgan fingerprint density at radius 2 is 2.20 bits per heavy atom. The molecule has 0 aromatic carbocycles. The number of hydrogen-bond donors (Lipinski definition) is 2. The number of rotatable bonds is 6. The summed E-state index contributed by atoms with van der Waals surface area (Å²) in [5.74, 6) is 0.352. The number of primary amides is 1. The summed E-state index contributed by atoms with van der Waals surface area (Å²) in [4.78, 5) is 25.2. The second-order valence-corrected chi connectivity index (χ2v) is 7.02. The minimum Gasteiger partial charge on any atom is -0.369 e. The number of carbonyl (C=O) groups is 1. The predicted octanol–water partition coefficient (Wildman–Crippen LogP) is 2.03. The third-order valence-corrected chi connectivity index (χ3v) is 3.55. The van der Waals surface area contributed by atoms with E-state index in [0.717, 1.165) is 18.0 Å². The molecule has 7 nitrogen and oxygen atoms in total. The SMILES string of the molecule is CC(C)(C)SCCNc1ncc([N+](=O)[O-])cc1C(N)=O. The van der Waals surface area contributed by atoms with Crippen LogP contribution in [0.1, 0.15) is 31.1 Å². The molecule has 110 valence electrons. The standard InChI is InChI=1S/C12H18N4O3S/c1-12(2,3)20-5-4-14-11-9(10(13)17)6-8(7-15-11)16(18)19/h6-7H,4-5H2,1-3H3,(H2,13,17)(H,14,15). The lowest BCUT2D eigenvalue weighted by atomic mass is 10.2. The van der Waals surface area contributed by atoms with E-state index in [1.54, 1.807) is 11.8 Å². The summed E-state index contributed by atoms with van der Waals surface area (Å²) in [5.41, 5.74) is 4.98. The Morgan fingerprint density at radius 3 is 2.70 bits per heavy atom. The maximum absolute atomic E-state index is 11.3. The van der Waals surface area contributed by atoms with Gasteiger partial charge < -0.3 is 11.1 Å². The number of amides is 1. The van der Waals surface area contributed by atoms with Crippen molar-refractivity contribution >= 4 is 29.2 Å². The molecule has 0 atom stereocenters. The molecule has 1 aromatic rings. The van der Waals surface area contributed by atoms with Gasteiger partial charge in [0, 0.05) is 23.1 Å². The summed E-state index contributed by atoms with van der Waals surface area (Å²) < 4.78 is 0.150. The Hall–Kier alpha value is -1.83. The Balaban J connectivity index is 2.75. The van der Waals surface area contributed by atoms with E-state index < -0.39 is 10.8 Å². The zero-order chi connectivity index (χ0) is 15.3. The minimum absolute atomic E-state index is 0.0277. The first kappa shape index (κ1) is 16.2. The van der Waals surface area contributed by atoms with Crippen LogP contribution in [0.2, 0.25) is 0 Å². The molecule has 1 heterocycles. The van der Waals surface area contributed by atoms with Crippen LogP contribution in [-0.2, 0) is 0 Å². The van der Waals surface area contributed by atoms with E-state index >= 15 is 0 Å². The van der Waals surface area contributed by atoms with E-state index in [0.29, 0.717) is 6.54 Å². The number of nitrogens with one attached hydrogen (secondary N) is 1. The molecule has 0 aliphatic carbocycles. The van der Waals surface area contributed by atoms with Crippen molar-refractivity contribution in [1.29, 1.82) is 0 Å². The summed E-state index contributed by atoms with van der Waals surface area (Å²) >= 11 is 1.76. The van der Waals surface area contributed by atoms with Gasteiger partial charge in [0.2, 0.25) is 0 Å². The molecule has 0 aliphatic heterocycles. The average molecular weight is 298 g/mol. The largest absolute Gasteiger partial charge is 0.369 e. The molecule has 0 aliphatic rings. The van der Waals surface area contributed by atoms with Crippen LogP contribution in [0, 0.1) is 10.1 Å². The summed E-state index contributed by atoms with van der Waals surface area (Å²) in [7, 11) is 0. The second-order valence-electron chi connectivity index (χ2n) is 5.10. The van der Waals surface area contributed by atoms with Crippen LogP contribution >= 0.6 is 11.8 Å². The maximum Gasteiger partial charge on any atom is 0.288 e. The number of pyridine rings is 1. The van der Waals surface area contributed by atoms with Gasteiger partial charge in [0.1, 0.15) is 12.0 Å². The fourth-order valence-corrected chi connectivity index (χ4v) is 2.23. The molecule has 1 amide bonds. The summed E-state index contributed by atoms with van der Waals surface area (Å²) in [6, 6.07) is 1.13. The number of thioether (sulfide) groups is 1. The Labute approximate surface area is 121 Å². The Bertz CT molecular complexity index is 514. The van der Waals surface area contributed by atoms with E-state index in [-0.39, 0.29) is 21.8 Å². The molecule has 0 saturated heterocycles. The van der Waals surface area contributed by atoms with Gasteiger partial charge in [-0.2, -0.15) is 11.8 Å². The molecule has 0 saturated carbocycles. The molecule has 0 radical (unpaired) electrons. The van der Waals surface area contributed by atoms with Crippen molar-refractivity contribution in [3.63, 3.8) is 0 Å². The fourth-order valence-electron chi connectivity index (χ4n) is 1.41. The maximum atomic E-state index is 11.3. The van der Waals surface area contributed by atoms with Crippen molar-refractivity contribution in [3.05, 3.63) is 27.9 Å². The fraction of sp³-hybridized carbons (Fsp3) is 0.500. The van der Waals surface area contributed by atoms with Gasteiger partial charge in [-0.15, -0.1) is 0 Å². The number of nitrogens with zero attached hydrogens (tertiary/aromatic N) is 2. The molecule has 3 N–H and O–H groups in total. The van der Waals surface area contributed by atoms with Crippen molar-refractivity contribution in [3.8, 4) is 0 Å². The molecule has 20 heavy (non-hydrogen) atoms. The zero-order valence-corrected chi connectivity index (χ0v) is 12.5. The number of nitrogens with two attached hydrogens (primary N) is 1. The molecular weight excluding hydrogens is 280 g/mol. The van der Waals surface area contributed by atoms with Crippen LogP contribution < -0.4 is 11.1 Å². The van der Waals surface area contributed by atoms with Crippen LogP contribution in [-0.4, -0.2) is 32.9 Å². The third kappa shape index (κ3) is 5.04. The molecule has 0 spiro atoms. The monoisotopic (exact) mass is 298 g/mol. The number of aromatic nitrogens is 1. The van der Waals surface area contributed by atoms with Gasteiger partial charge in [-0.3, -0.25) is 14.9 Å². The topological polar surface area (TPSA) is 111 Å². The lowest BCUT2D eigenvalue weighted by Gasteiger charge is -2.17. The van der Waals surface area contributed by atoms with Gasteiger partial charge in [0.25, 0.3) is 11.6 Å². The van der Waals surface area contributed by atoms with Gasteiger partial charge >= 0.3 is 0 Å². The highest BCUT2D eigenvalue weighted by atomic mass is 32.2. The first-order valence-corrected chi connectivity index (χ1v) is 7.01. The van der Waals surface area contributed by atoms with E-state index in [2.05, 4.69) is 31.1 Å². The van der Waals surface area contributed by atoms with Crippen molar-refractivity contribution in [2.75, 3.05) is 17.6 Å². The van der Waals surface area contributed by atoms with Crippen molar-refractivity contribution < 1.29 is 9.72 Å². The highest BCUT2D eigenvalue weighted by Crippen LogP contribution is 2.23. The normalized spacial score (nSPS) is 11.2. The molecule has 1 aromatic heterocycles. The summed E-state index contributed by atoms with van der Waals surface area (Å²) in [5, 5.41) is 13.6. The number of hydrogen-bond acceptors (Lipinski definition) is 6. The molecular formula is C12H18N4O3S. The first-order chi connectivity index (χ1) is 9.20. The van der Waals surface area contributed by atoms with Crippen molar-refractivity contribution in [1.82, 2.24) is 4.98 Å². The van der Waals surface area contributed by atoms with Crippen LogP contribution in [0.5, 0.6) is 0 Å². The van der Waals surface area contributed by atoms with Crippen molar-refractivity contribution in [2.24, 2.45) is 5.73 Å². The first-order valence-electron chi connectivity index (χ1n) is 6.03. The van der Waals surface area contributed by atoms with Gasteiger partial charge in [-0.1, -0.05) is 20.8 Å². The van der Waals surface area contributed by atoms with E-state index in [1.807, 2.05) is 0 Å². The smallest absolute Gasteiger partial charge is 0.288 e. The van der Waals surface area contributed by atoms with Crippen LogP contribution in [0.15, 0.2) is 12.3 Å². The van der Waals surface area contributed by atoms with Crippen LogP contribution in [0.4, 0.5) is 11.5 Å². The highest BCUT2D eigenvalue weighted by Gasteiger charge is 2.16. The predicted molar refractivity (Wildman–Crippen MR) is 80.1 cm³/mol. The van der Waals surface area contributed by atoms with Gasteiger partial charge in [-0.25, -0.2) is 4.98 Å². The van der Waals surface area contributed by atoms with Gasteiger partial charge in [0.15, 0.2) is 0 Å². The van der Waals surface area contributed by atoms with Crippen LogP contribution in [0.25, 0.3) is 0 Å². The zero-order valence-electron chi connectivity index (χ0n) is 11.7. The number of anilines is 1. The van der Waals surface area contributed by atoms with Crippen molar-refractivity contribution in [2.45, 2.75) is 25.5 Å². The highest BCUT2D eigenvalue weighted by molar-refractivity contribution is 8.00. The summed E-state index contributed by atoms with van der Waals surface area (Å²) in [6.07, 6.45) is 1.10. The average Bonchev–Trinajstić information content (AvgIpc) is 2.33. The third-order valence-electron chi connectivity index (χ3n) is 2.28. The lowest BCUT2D eigenvalue weighted by molar-refractivity contribution is -0.385. The molecule has 0 bridgehead atoms. The molecule has 8 heteroatoms. The number of carbonyl (C=O) groups excluding carboxylic acids is 1. The quantitative estimate of drug-likeness (QED) is 0.472. The number of nitro groups is 1. The Morgan fingerprint density at radius 1 is 1.55 bits per heavy atom. The van der Waals surface area contributed by atoms with E-state index in [1.165, 1.54) is 0 Å². The molecule has 1 rings (SSSR count). The lowest BCUT2D eigenvalue weighted by Crippen LogP contribution is -2.18. The molecule has 0 unspecified atom stereocenters. The second kappa shape index (κ2) is 6.56. The van der Waals surface area contributed by atoms with Crippen LogP contribution in [0.3, 0.4) is 0 Å². The Kier molecular flexibility index (Phi) is 5.32.